The van der Waals surface area contributed by atoms with E-state index in [9.17, 15) is 9.90 Å². The molecule has 1 heterocycles. The first-order valence-corrected chi connectivity index (χ1v) is 10.00. The second kappa shape index (κ2) is 8.01. The molecule has 0 bridgehead atoms. The van der Waals surface area contributed by atoms with Crippen molar-refractivity contribution in [3.63, 3.8) is 0 Å². The molecule has 0 fully saturated rings. The summed E-state index contributed by atoms with van der Waals surface area (Å²) in [6, 6.07) is 19.0. The summed E-state index contributed by atoms with van der Waals surface area (Å²) >= 11 is 0.982. The van der Waals surface area contributed by atoms with E-state index in [4.69, 9.17) is 9.15 Å². The highest BCUT2D eigenvalue weighted by molar-refractivity contribution is 8.03. The lowest BCUT2D eigenvalue weighted by molar-refractivity contribution is -0.131. The molecule has 0 saturated heterocycles. The molecule has 6 heteroatoms. The molecular weight excluding hydrogens is 386 g/mol. The third kappa shape index (κ3) is 4.12. The summed E-state index contributed by atoms with van der Waals surface area (Å²) in [6.45, 7) is 3.88. The van der Waals surface area contributed by atoms with Gasteiger partial charge in [-0.3, -0.25) is 0 Å². The highest BCUT2D eigenvalue weighted by atomic mass is 32.2. The third-order valence-electron chi connectivity index (χ3n) is 4.25. The second-order valence-electron chi connectivity index (χ2n) is 6.73. The zero-order valence-electron chi connectivity index (χ0n) is 16.0. The van der Waals surface area contributed by atoms with Gasteiger partial charge < -0.3 is 14.3 Å². The largest absolute Gasteiger partial charge is 0.490 e. The number of hydrogen-bond acceptors (Lipinski definition) is 5. The lowest BCUT2D eigenvalue weighted by Crippen LogP contribution is -2.07. The van der Waals surface area contributed by atoms with Crippen LogP contribution in [0.2, 0.25) is 0 Å². The number of hydrogen-bond donors (Lipinski definition) is 1. The summed E-state index contributed by atoms with van der Waals surface area (Å²) in [6.07, 6.45) is 1.59. The van der Waals surface area contributed by atoms with Crippen LogP contribution < -0.4 is 4.74 Å². The van der Waals surface area contributed by atoms with Crippen LogP contribution >= 0.6 is 11.8 Å². The van der Waals surface area contributed by atoms with Crippen LogP contribution in [-0.4, -0.2) is 22.2 Å². The Bertz CT molecular complexity index is 1190. The van der Waals surface area contributed by atoms with Crippen LogP contribution in [0.3, 0.4) is 0 Å². The number of carboxylic acid groups (broad SMARTS) is 1. The number of oxazole rings is 1. The minimum absolute atomic E-state index is 0.0405. The lowest BCUT2D eigenvalue weighted by Gasteiger charge is -2.15. The minimum Gasteiger partial charge on any atom is -0.490 e. The highest BCUT2D eigenvalue weighted by Crippen LogP contribution is 2.35. The normalized spacial score (nSPS) is 12.0. The van der Waals surface area contributed by atoms with Gasteiger partial charge in [-0.05, 0) is 60.7 Å². The van der Waals surface area contributed by atoms with Crippen LogP contribution in [-0.2, 0) is 4.79 Å². The van der Waals surface area contributed by atoms with Gasteiger partial charge in [0.05, 0.1) is 6.10 Å². The first kappa shape index (κ1) is 19.1. The van der Waals surface area contributed by atoms with Crippen LogP contribution in [0.15, 0.2) is 75.2 Å². The summed E-state index contributed by atoms with van der Waals surface area (Å²) in [4.78, 5) is 16.5. The smallest absolute Gasteiger partial charge is 0.342 e. The van der Waals surface area contributed by atoms with Gasteiger partial charge in [-0.2, -0.15) is 0 Å². The van der Waals surface area contributed by atoms with E-state index in [0.29, 0.717) is 16.8 Å². The maximum absolute atomic E-state index is 12.0. The van der Waals surface area contributed by atoms with Crippen molar-refractivity contribution in [1.29, 1.82) is 0 Å². The zero-order chi connectivity index (χ0) is 20.4. The number of nitrogens with zero attached hydrogens (tertiary/aromatic N) is 1. The molecule has 4 rings (SSSR count). The van der Waals surface area contributed by atoms with Crippen molar-refractivity contribution in [3.05, 3.63) is 71.1 Å². The van der Waals surface area contributed by atoms with Crippen molar-refractivity contribution < 1.29 is 19.1 Å². The molecule has 0 unspecified atom stereocenters. The molecule has 0 aliphatic rings. The predicted octanol–water partition coefficient (Wildman–Crippen LogP) is 5.99. The number of thioether (sulfide) groups is 1. The Morgan fingerprint density at radius 1 is 1.10 bits per heavy atom. The molecule has 0 atom stereocenters. The first-order chi connectivity index (χ1) is 14.0. The van der Waals surface area contributed by atoms with Crippen molar-refractivity contribution in [2.24, 2.45) is 0 Å². The van der Waals surface area contributed by atoms with Crippen molar-refractivity contribution >= 4 is 45.7 Å². The van der Waals surface area contributed by atoms with E-state index in [1.807, 2.05) is 68.4 Å². The highest BCUT2D eigenvalue weighted by Gasteiger charge is 2.17. The van der Waals surface area contributed by atoms with Gasteiger partial charge in [0.15, 0.2) is 5.58 Å². The van der Waals surface area contributed by atoms with Crippen molar-refractivity contribution in [2.45, 2.75) is 25.2 Å². The molecule has 0 spiro atoms. The van der Waals surface area contributed by atoms with E-state index in [2.05, 4.69) is 4.98 Å². The number of aliphatic carboxylic acids is 1. The van der Waals surface area contributed by atoms with E-state index in [-0.39, 0.29) is 16.2 Å². The number of ether oxygens (including phenoxy) is 1. The van der Waals surface area contributed by atoms with Crippen LogP contribution in [0.1, 0.15) is 19.4 Å². The van der Waals surface area contributed by atoms with E-state index in [1.54, 1.807) is 12.1 Å². The fourth-order valence-corrected chi connectivity index (χ4v) is 3.76. The molecular formula is C23H19NO4S. The van der Waals surface area contributed by atoms with E-state index in [0.717, 1.165) is 28.1 Å². The summed E-state index contributed by atoms with van der Waals surface area (Å²) in [5, 5.41) is 12.0. The minimum atomic E-state index is -1.05. The van der Waals surface area contributed by atoms with Crippen LogP contribution in [0, 0.1) is 0 Å². The predicted molar refractivity (Wildman–Crippen MR) is 115 cm³/mol. The molecule has 0 aliphatic heterocycles. The maximum Gasteiger partial charge on any atom is 0.342 e. The summed E-state index contributed by atoms with van der Waals surface area (Å²) in [5.74, 6) is -0.420. The third-order valence-corrected chi connectivity index (χ3v) is 5.11. The fourth-order valence-electron chi connectivity index (χ4n) is 3.04. The van der Waals surface area contributed by atoms with Gasteiger partial charge in [0.25, 0.3) is 5.22 Å². The van der Waals surface area contributed by atoms with Gasteiger partial charge in [-0.1, -0.05) is 42.5 Å². The second-order valence-corrected chi connectivity index (χ2v) is 7.72. The Labute approximate surface area is 172 Å². The number of aromatic nitrogens is 1. The molecule has 0 amide bonds. The zero-order valence-corrected chi connectivity index (χ0v) is 16.8. The summed E-state index contributed by atoms with van der Waals surface area (Å²) in [7, 11) is 0. The summed E-state index contributed by atoms with van der Waals surface area (Å²) < 4.78 is 11.6. The van der Waals surface area contributed by atoms with Gasteiger partial charge in [0, 0.05) is 5.56 Å². The molecule has 3 aromatic carbocycles. The Hall–Kier alpha value is -3.25. The fraction of sp³-hybridized carbons (Fsp3) is 0.130. The molecule has 29 heavy (non-hydrogen) atoms. The first-order valence-electron chi connectivity index (χ1n) is 9.18. The van der Waals surface area contributed by atoms with Crippen molar-refractivity contribution in [3.8, 4) is 5.75 Å². The Morgan fingerprint density at radius 3 is 2.62 bits per heavy atom. The number of carbonyl (C=O) groups is 1. The molecule has 0 aliphatic carbocycles. The van der Waals surface area contributed by atoms with Crippen LogP contribution in [0.25, 0.3) is 27.9 Å². The van der Waals surface area contributed by atoms with Gasteiger partial charge in [-0.25, -0.2) is 9.78 Å². The average molecular weight is 405 g/mol. The number of fused-ring (bicyclic) bond motifs is 2. The standard InChI is InChI=1S/C23H19NO4S/c1-14(2)27-19-12-11-15-7-3-4-8-16(15)17(19)13-21(22(25)26)29-23-24-18-9-5-6-10-20(18)28-23/h3-14H,1-2H3,(H,25,26)/b21-13-. The van der Waals surface area contributed by atoms with E-state index in [1.165, 1.54) is 0 Å². The molecule has 0 radical (unpaired) electrons. The van der Waals surface area contributed by atoms with Gasteiger partial charge in [-0.15, -0.1) is 0 Å². The van der Waals surface area contributed by atoms with Crippen molar-refractivity contribution in [2.75, 3.05) is 0 Å². The number of benzene rings is 3. The molecule has 4 aromatic rings. The Balaban J connectivity index is 1.81. The monoisotopic (exact) mass is 405 g/mol. The van der Waals surface area contributed by atoms with Gasteiger partial charge in [0.2, 0.25) is 0 Å². The average Bonchev–Trinajstić information content (AvgIpc) is 3.11. The quantitative estimate of drug-likeness (QED) is 0.314. The molecule has 1 aromatic heterocycles. The van der Waals surface area contributed by atoms with Crippen molar-refractivity contribution in [1.82, 2.24) is 4.98 Å². The van der Waals surface area contributed by atoms with Crippen LogP contribution in [0.4, 0.5) is 0 Å². The summed E-state index contributed by atoms with van der Waals surface area (Å²) in [5.41, 5.74) is 2.03. The maximum atomic E-state index is 12.0. The molecule has 5 nitrogen and oxygen atoms in total. The number of para-hydroxylation sites is 2. The van der Waals surface area contributed by atoms with Gasteiger partial charge in [0.1, 0.15) is 16.2 Å². The van der Waals surface area contributed by atoms with E-state index < -0.39 is 5.97 Å². The Morgan fingerprint density at radius 2 is 1.86 bits per heavy atom. The topological polar surface area (TPSA) is 72.6 Å². The van der Waals surface area contributed by atoms with E-state index >= 15 is 0 Å². The SMILES string of the molecule is CC(C)Oc1ccc2ccccc2c1/C=C(\Sc1nc2ccccc2o1)C(=O)O. The number of rotatable bonds is 6. The molecule has 146 valence electrons. The Kier molecular flexibility index (Phi) is 5.27. The molecule has 1 N–H and O–H groups in total. The molecule has 0 saturated carbocycles. The lowest BCUT2D eigenvalue weighted by atomic mass is 10.0. The van der Waals surface area contributed by atoms with Crippen LogP contribution in [0.5, 0.6) is 5.75 Å². The number of carboxylic acids is 1. The van der Waals surface area contributed by atoms with Gasteiger partial charge >= 0.3 is 5.97 Å².